The molecule has 0 saturated heterocycles. The third-order valence-corrected chi connectivity index (χ3v) is 4.06. The number of halogens is 1. The van der Waals surface area contributed by atoms with Gasteiger partial charge < -0.3 is 10.1 Å². The summed E-state index contributed by atoms with van der Waals surface area (Å²) in [6.07, 6.45) is 1.62. The van der Waals surface area contributed by atoms with Gasteiger partial charge in [0.25, 0.3) is 5.56 Å². The molecule has 0 fully saturated rings. The molecular weight excluding hydrogens is 346 g/mol. The molecule has 2 rings (SSSR count). The Hall–Kier alpha value is -1.82. The van der Waals surface area contributed by atoms with Gasteiger partial charge in [0.05, 0.1) is 11.9 Å². The first kappa shape index (κ1) is 16.5. The zero-order chi connectivity index (χ0) is 16.1. The molecule has 0 aliphatic carbocycles. The Kier molecular flexibility index (Phi) is 5.60. The van der Waals surface area contributed by atoms with Crippen LogP contribution in [0.5, 0.6) is 5.75 Å². The van der Waals surface area contributed by atoms with Crippen LogP contribution in [0.3, 0.4) is 0 Å². The van der Waals surface area contributed by atoms with E-state index < -0.39 is 0 Å². The quantitative estimate of drug-likeness (QED) is 0.798. The molecule has 0 atom stereocenters. The van der Waals surface area contributed by atoms with Crippen molar-refractivity contribution in [1.29, 1.82) is 0 Å². The zero-order valence-corrected chi connectivity index (χ0v) is 14.6. The minimum Gasteiger partial charge on any atom is -0.491 e. The summed E-state index contributed by atoms with van der Waals surface area (Å²) >= 11 is 3.28. The lowest BCUT2D eigenvalue weighted by Gasteiger charge is -2.14. The third-order valence-electron chi connectivity index (χ3n) is 3.29. The maximum absolute atomic E-state index is 11.7. The van der Waals surface area contributed by atoms with Crippen LogP contribution in [0.25, 0.3) is 0 Å². The predicted molar refractivity (Wildman–Crippen MR) is 91.7 cm³/mol. The second-order valence-corrected chi connectivity index (χ2v) is 6.06. The van der Waals surface area contributed by atoms with Crippen molar-refractivity contribution >= 4 is 21.6 Å². The van der Waals surface area contributed by atoms with E-state index in [-0.39, 0.29) is 5.56 Å². The maximum atomic E-state index is 11.7. The van der Waals surface area contributed by atoms with E-state index in [1.807, 2.05) is 18.2 Å². The summed E-state index contributed by atoms with van der Waals surface area (Å²) in [4.78, 5) is 11.7. The van der Waals surface area contributed by atoms with Crippen LogP contribution in [0.4, 0.5) is 5.69 Å². The van der Waals surface area contributed by atoms with Crippen LogP contribution < -0.4 is 15.6 Å². The molecule has 0 aliphatic heterocycles. The summed E-state index contributed by atoms with van der Waals surface area (Å²) in [6, 6.07) is 8.04. The smallest absolute Gasteiger partial charge is 0.282 e. The summed E-state index contributed by atoms with van der Waals surface area (Å²) in [5, 5.41) is 7.14. The monoisotopic (exact) mass is 365 g/mol. The predicted octanol–water partition coefficient (Wildman–Crippen LogP) is 3.16. The van der Waals surface area contributed by atoms with Gasteiger partial charge in [-0.2, -0.15) is 5.10 Å². The Morgan fingerprint density at radius 1 is 1.36 bits per heavy atom. The van der Waals surface area contributed by atoms with E-state index in [1.165, 1.54) is 10.2 Å². The summed E-state index contributed by atoms with van der Waals surface area (Å²) in [5.41, 5.74) is 1.69. The Bertz CT molecular complexity index is 698. The second kappa shape index (κ2) is 7.45. The van der Waals surface area contributed by atoms with E-state index in [0.717, 1.165) is 5.75 Å². The lowest BCUT2D eigenvalue weighted by molar-refractivity contribution is 0.328. The fourth-order valence-electron chi connectivity index (χ4n) is 2.07. The van der Waals surface area contributed by atoms with E-state index in [2.05, 4.69) is 46.3 Å². The van der Waals surface area contributed by atoms with Gasteiger partial charge in [0.2, 0.25) is 0 Å². The van der Waals surface area contributed by atoms with Crippen molar-refractivity contribution < 1.29 is 4.74 Å². The van der Waals surface area contributed by atoms with Crippen molar-refractivity contribution in [3.8, 4) is 5.75 Å². The SMILES string of the molecule is CC(C)c1ccccc1OCCNc1cnn(C)c(=O)c1Br. The van der Waals surface area contributed by atoms with Crippen molar-refractivity contribution in [1.82, 2.24) is 9.78 Å². The van der Waals surface area contributed by atoms with Gasteiger partial charge in [0, 0.05) is 13.6 Å². The van der Waals surface area contributed by atoms with E-state index in [4.69, 9.17) is 4.74 Å². The molecule has 1 aromatic carbocycles. The number of hydrogen-bond donors (Lipinski definition) is 1. The van der Waals surface area contributed by atoms with E-state index in [0.29, 0.717) is 29.2 Å². The third kappa shape index (κ3) is 3.88. The Morgan fingerprint density at radius 3 is 2.82 bits per heavy atom. The number of aromatic nitrogens is 2. The van der Waals surface area contributed by atoms with E-state index in [1.54, 1.807) is 13.2 Å². The molecular formula is C16H20BrN3O2. The lowest BCUT2D eigenvalue weighted by Crippen LogP contribution is -2.22. The van der Waals surface area contributed by atoms with Crippen LogP contribution in [0.1, 0.15) is 25.3 Å². The number of anilines is 1. The summed E-state index contributed by atoms with van der Waals surface area (Å²) in [7, 11) is 1.61. The van der Waals surface area contributed by atoms with Gasteiger partial charge in [-0.1, -0.05) is 32.0 Å². The molecule has 0 bridgehead atoms. The van der Waals surface area contributed by atoms with Crippen LogP contribution in [0.15, 0.2) is 39.7 Å². The van der Waals surface area contributed by atoms with E-state index >= 15 is 0 Å². The summed E-state index contributed by atoms with van der Waals surface area (Å²) in [6.45, 7) is 5.37. The topological polar surface area (TPSA) is 56.1 Å². The lowest BCUT2D eigenvalue weighted by atomic mass is 10.0. The van der Waals surface area contributed by atoms with Crippen LogP contribution >= 0.6 is 15.9 Å². The highest BCUT2D eigenvalue weighted by atomic mass is 79.9. The van der Waals surface area contributed by atoms with Crippen molar-refractivity contribution in [2.24, 2.45) is 7.05 Å². The minimum absolute atomic E-state index is 0.170. The molecule has 118 valence electrons. The molecule has 22 heavy (non-hydrogen) atoms. The zero-order valence-electron chi connectivity index (χ0n) is 13.0. The Labute approximate surface area is 138 Å². The van der Waals surface area contributed by atoms with Crippen molar-refractivity contribution in [3.63, 3.8) is 0 Å². The highest BCUT2D eigenvalue weighted by molar-refractivity contribution is 9.10. The molecule has 0 radical (unpaired) electrons. The summed E-state index contributed by atoms with van der Waals surface area (Å²) in [5.74, 6) is 1.32. The van der Waals surface area contributed by atoms with Crippen molar-refractivity contribution in [2.75, 3.05) is 18.5 Å². The molecule has 2 aromatic rings. The second-order valence-electron chi connectivity index (χ2n) is 5.27. The molecule has 5 nitrogen and oxygen atoms in total. The number of rotatable bonds is 6. The van der Waals surface area contributed by atoms with Crippen LogP contribution in [-0.4, -0.2) is 22.9 Å². The first-order valence-electron chi connectivity index (χ1n) is 7.18. The fourth-order valence-corrected chi connectivity index (χ4v) is 2.57. The average Bonchev–Trinajstić information content (AvgIpc) is 2.51. The number of nitrogens with zero attached hydrogens (tertiary/aromatic N) is 2. The van der Waals surface area contributed by atoms with E-state index in [9.17, 15) is 4.79 Å². The maximum Gasteiger partial charge on any atom is 0.282 e. The average molecular weight is 366 g/mol. The van der Waals surface area contributed by atoms with Gasteiger partial charge in [-0.05, 0) is 33.5 Å². The van der Waals surface area contributed by atoms with Crippen LogP contribution in [0.2, 0.25) is 0 Å². The number of hydrogen-bond acceptors (Lipinski definition) is 4. The van der Waals surface area contributed by atoms with Gasteiger partial charge in [-0.3, -0.25) is 4.79 Å². The number of benzene rings is 1. The van der Waals surface area contributed by atoms with Gasteiger partial charge in [0.1, 0.15) is 16.8 Å². The molecule has 1 heterocycles. The first-order valence-corrected chi connectivity index (χ1v) is 7.97. The normalized spacial score (nSPS) is 10.8. The highest BCUT2D eigenvalue weighted by Crippen LogP contribution is 2.25. The molecule has 1 N–H and O–H groups in total. The number of nitrogens with one attached hydrogen (secondary N) is 1. The Morgan fingerprint density at radius 2 is 2.09 bits per heavy atom. The number of ether oxygens (including phenoxy) is 1. The van der Waals surface area contributed by atoms with Crippen molar-refractivity contribution in [3.05, 3.63) is 50.9 Å². The highest BCUT2D eigenvalue weighted by Gasteiger charge is 2.08. The standard InChI is InChI=1S/C16H20BrN3O2/c1-11(2)12-6-4-5-7-14(12)22-9-8-18-13-10-19-20(3)16(21)15(13)17/h4-7,10-11,18H,8-9H2,1-3H3. The molecule has 0 amide bonds. The molecule has 0 aliphatic rings. The fraction of sp³-hybridized carbons (Fsp3) is 0.375. The van der Waals surface area contributed by atoms with Crippen molar-refractivity contribution in [2.45, 2.75) is 19.8 Å². The molecule has 0 saturated carbocycles. The number of aryl methyl sites for hydroxylation is 1. The van der Waals surface area contributed by atoms with Gasteiger partial charge in [-0.15, -0.1) is 0 Å². The molecule has 6 heteroatoms. The molecule has 0 unspecified atom stereocenters. The molecule has 0 spiro atoms. The van der Waals surface area contributed by atoms with Gasteiger partial charge in [-0.25, -0.2) is 4.68 Å². The van der Waals surface area contributed by atoms with Crippen LogP contribution in [-0.2, 0) is 7.05 Å². The largest absolute Gasteiger partial charge is 0.491 e. The number of para-hydroxylation sites is 1. The Balaban J connectivity index is 1.93. The van der Waals surface area contributed by atoms with Crippen LogP contribution in [0, 0.1) is 0 Å². The summed E-state index contributed by atoms with van der Waals surface area (Å²) < 4.78 is 7.59. The molecule has 1 aromatic heterocycles. The van der Waals surface area contributed by atoms with Gasteiger partial charge >= 0.3 is 0 Å². The van der Waals surface area contributed by atoms with Gasteiger partial charge in [0.15, 0.2) is 0 Å². The minimum atomic E-state index is -0.170. The first-order chi connectivity index (χ1) is 10.5.